The molecule has 1 N–H and O–H groups in total. The zero-order valence-corrected chi connectivity index (χ0v) is 15.3. The van der Waals surface area contributed by atoms with Gasteiger partial charge in [0.2, 0.25) is 0 Å². The molecular formula is C21H28N2O2. The number of rotatable bonds is 2. The molecule has 0 bridgehead atoms. The van der Waals surface area contributed by atoms with Crippen molar-refractivity contribution >= 4 is 11.7 Å². The van der Waals surface area contributed by atoms with Crippen molar-refractivity contribution < 1.29 is 9.53 Å². The van der Waals surface area contributed by atoms with Gasteiger partial charge < -0.3 is 10.1 Å². The minimum absolute atomic E-state index is 0.0278. The van der Waals surface area contributed by atoms with Crippen LogP contribution in [0.4, 0.5) is 5.69 Å². The van der Waals surface area contributed by atoms with Gasteiger partial charge in [0, 0.05) is 17.1 Å². The lowest BCUT2D eigenvalue weighted by Gasteiger charge is -2.59. The monoisotopic (exact) mass is 340 g/mol. The first kappa shape index (κ1) is 15.7. The smallest absolute Gasteiger partial charge is 0.310 e. The highest BCUT2D eigenvalue weighted by Crippen LogP contribution is 2.65. The highest BCUT2D eigenvalue weighted by molar-refractivity contribution is 5.78. The average molecular weight is 340 g/mol. The molecule has 5 rings (SSSR count). The number of para-hydroxylation sites is 1. The Morgan fingerprint density at radius 1 is 1.32 bits per heavy atom. The third-order valence-electron chi connectivity index (χ3n) is 7.90. The van der Waals surface area contributed by atoms with E-state index in [4.69, 9.17) is 4.74 Å². The zero-order valence-electron chi connectivity index (χ0n) is 15.3. The van der Waals surface area contributed by atoms with E-state index in [9.17, 15) is 4.79 Å². The Hall–Kier alpha value is -1.55. The normalized spacial score (nSPS) is 41.4. The van der Waals surface area contributed by atoms with Crippen LogP contribution in [0, 0.1) is 11.3 Å². The lowest BCUT2D eigenvalue weighted by atomic mass is 9.49. The molecule has 1 aliphatic carbocycles. The summed E-state index contributed by atoms with van der Waals surface area (Å²) in [4.78, 5) is 15.5. The second kappa shape index (κ2) is 5.23. The molecule has 1 spiro atoms. The molecule has 0 unspecified atom stereocenters. The van der Waals surface area contributed by atoms with Crippen LogP contribution in [0.3, 0.4) is 0 Å². The fourth-order valence-corrected chi connectivity index (χ4v) is 7.07. The second-order valence-electron chi connectivity index (χ2n) is 8.55. The summed E-state index contributed by atoms with van der Waals surface area (Å²) in [5.41, 5.74) is 2.98. The Bertz CT molecular complexity index is 720. The Morgan fingerprint density at radius 3 is 2.96 bits per heavy atom. The molecule has 1 aromatic carbocycles. The van der Waals surface area contributed by atoms with Crippen molar-refractivity contribution in [2.75, 3.05) is 25.5 Å². The molecule has 2 saturated heterocycles. The predicted molar refractivity (Wildman–Crippen MR) is 97.6 cm³/mol. The summed E-state index contributed by atoms with van der Waals surface area (Å²) in [6, 6.07) is 9.49. The van der Waals surface area contributed by atoms with Gasteiger partial charge in [-0.2, -0.15) is 0 Å². The number of ether oxygens (including phenoxy) is 1. The number of methoxy groups -OCH3 is 1. The third-order valence-corrected chi connectivity index (χ3v) is 7.90. The van der Waals surface area contributed by atoms with Gasteiger partial charge >= 0.3 is 5.97 Å². The molecule has 0 amide bonds. The molecule has 134 valence electrons. The highest BCUT2D eigenvalue weighted by Gasteiger charge is 2.69. The maximum Gasteiger partial charge on any atom is 0.310 e. The van der Waals surface area contributed by atoms with Gasteiger partial charge in [0.05, 0.1) is 19.1 Å². The van der Waals surface area contributed by atoms with Gasteiger partial charge in [-0.1, -0.05) is 25.1 Å². The summed E-state index contributed by atoms with van der Waals surface area (Å²) in [5, 5.41) is 3.77. The Labute approximate surface area is 149 Å². The van der Waals surface area contributed by atoms with E-state index in [1.165, 1.54) is 30.6 Å². The SMILES string of the molecule is CC[C@]12CCCN3CC[C@]4(c5ccccc5N[C@H]4[C@@H](C(=O)OC)C1)[C@@H]32. The lowest BCUT2D eigenvalue weighted by molar-refractivity contribution is -0.153. The van der Waals surface area contributed by atoms with Crippen LogP contribution < -0.4 is 5.32 Å². The number of hydrogen-bond donors (Lipinski definition) is 1. The van der Waals surface area contributed by atoms with Gasteiger partial charge in [0.1, 0.15) is 0 Å². The van der Waals surface area contributed by atoms with E-state index >= 15 is 0 Å². The molecule has 25 heavy (non-hydrogen) atoms. The number of hydrogen-bond acceptors (Lipinski definition) is 4. The van der Waals surface area contributed by atoms with E-state index in [2.05, 4.69) is 41.4 Å². The van der Waals surface area contributed by atoms with E-state index in [1.807, 2.05) is 0 Å². The fourth-order valence-electron chi connectivity index (χ4n) is 7.07. The molecule has 5 atom stereocenters. The largest absolute Gasteiger partial charge is 0.469 e. The first-order valence-electron chi connectivity index (χ1n) is 9.84. The molecule has 1 aromatic rings. The summed E-state index contributed by atoms with van der Waals surface area (Å²) >= 11 is 0. The summed E-state index contributed by atoms with van der Waals surface area (Å²) in [6.45, 7) is 4.71. The highest BCUT2D eigenvalue weighted by atomic mass is 16.5. The van der Waals surface area contributed by atoms with Gasteiger partial charge in [0.15, 0.2) is 0 Å². The number of benzene rings is 1. The van der Waals surface area contributed by atoms with E-state index in [-0.39, 0.29) is 28.8 Å². The minimum atomic E-state index is -0.0494. The maximum atomic E-state index is 12.8. The number of piperidine rings is 1. The molecule has 3 aliphatic heterocycles. The molecule has 3 fully saturated rings. The van der Waals surface area contributed by atoms with E-state index in [1.54, 1.807) is 7.11 Å². The summed E-state index contributed by atoms with van der Waals surface area (Å²) in [6.07, 6.45) is 5.77. The predicted octanol–water partition coefficient (Wildman–Crippen LogP) is 3.18. The molecular weight excluding hydrogens is 312 g/mol. The van der Waals surface area contributed by atoms with Crippen LogP contribution in [0.2, 0.25) is 0 Å². The van der Waals surface area contributed by atoms with Crippen LogP contribution in [0.1, 0.15) is 44.6 Å². The van der Waals surface area contributed by atoms with Crippen LogP contribution >= 0.6 is 0 Å². The summed E-state index contributed by atoms with van der Waals surface area (Å²) in [7, 11) is 1.55. The van der Waals surface area contributed by atoms with Crippen molar-refractivity contribution in [2.24, 2.45) is 11.3 Å². The second-order valence-corrected chi connectivity index (χ2v) is 8.55. The molecule has 4 heteroatoms. The van der Waals surface area contributed by atoms with Crippen molar-refractivity contribution in [1.29, 1.82) is 0 Å². The summed E-state index contributed by atoms with van der Waals surface area (Å²) < 4.78 is 5.28. The Morgan fingerprint density at radius 2 is 2.16 bits per heavy atom. The van der Waals surface area contributed by atoms with Crippen molar-refractivity contribution in [3.05, 3.63) is 29.8 Å². The Kier molecular flexibility index (Phi) is 3.28. The first-order chi connectivity index (χ1) is 12.2. The van der Waals surface area contributed by atoms with Crippen molar-refractivity contribution in [3.63, 3.8) is 0 Å². The summed E-state index contributed by atoms with van der Waals surface area (Å²) in [5.74, 6) is -0.0772. The number of carbonyl (C=O) groups is 1. The van der Waals surface area contributed by atoms with Gasteiger partial charge in [0.25, 0.3) is 0 Å². The number of carbonyl (C=O) groups excluding carboxylic acids is 1. The number of anilines is 1. The van der Waals surface area contributed by atoms with Gasteiger partial charge in [-0.3, -0.25) is 9.69 Å². The maximum absolute atomic E-state index is 12.8. The topological polar surface area (TPSA) is 41.6 Å². The van der Waals surface area contributed by atoms with E-state index in [0.717, 1.165) is 25.8 Å². The van der Waals surface area contributed by atoms with Crippen LogP contribution in [-0.2, 0) is 14.9 Å². The minimum Gasteiger partial charge on any atom is -0.469 e. The van der Waals surface area contributed by atoms with Gasteiger partial charge in [-0.15, -0.1) is 0 Å². The zero-order chi connectivity index (χ0) is 17.2. The van der Waals surface area contributed by atoms with Crippen LogP contribution in [0.25, 0.3) is 0 Å². The van der Waals surface area contributed by atoms with Gasteiger partial charge in [-0.05, 0) is 62.2 Å². The van der Waals surface area contributed by atoms with Crippen LogP contribution in [0.5, 0.6) is 0 Å². The van der Waals surface area contributed by atoms with Crippen molar-refractivity contribution in [3.8, 4) is 0 Å². The van der Waals surface area contributed by atoms with Crippen LogP contribution in [0.15, 0.2) is 24.3 Å². The fraction of sp³-hybridized carbons (Fsp3) is 0.667. The Balaban J connectivity index is 1.73. The van der Waals surface area contributed by atoms with Crippen molar-refractivity contribution in [1.82, 2.24) is 4.90 Å². The molecule has 1 saturated carbocycles. The standard InChI is InChI=1S/C21H28N2O2/c1-3-20-9-6-11-23-12-10-21(19(20)23)15-7-4-5-8-16(15)22-17(21)14(13-20)18(24)25-2/h4-5,7-8,14,17,19,22H,3,6,9-13H2,1-2H3/t14-,17-,19-,20-,21+/m0/s1. The quantitative estimate of drug-likeness (QED) is 0.840. The lowest BCUT2D eigenvalue weighted by Crippen LogP contribution is -2.67. The molecule has 4 aliphatic rings. The van der Waals surface area contributed by atoms with Crippen LogP contribution in [-0.4, -0.2) is 43.2 Å². The van der Waals surface area contributed by atoms with E-state index < -0.39 is 0 Å². The molecule has 3 heterocycles. The molecule has 0 aromatic heterocycles. The molecule has 0 radical (unpaired) electrons. The third kappa shape index (κ3) is 1.79. The number of nitrogens with one attached hydrogen (secondary N) is 1. The van der Waals surface area contributed by atoms with Gasteiger partial charge in [-0.25, -0.2) is 0 Å². The van der Waals surface area contributed by atoms with Crippen molar-refractivity contribution in [2.45, 2.75) is 56.5 Å². The first-order valence-corrected chi connectivity index (χ1v) is 9.84. The molecule has 4 nitrogen and oxygen atoms in total. The number of esters is 1. The average Bonchev–Trinajstić information content (AvgIpc) is 3.21. The number of nitrogens with zero attached hydrogens (tertiary/aromatic N) is 1. The van der Waals surface area contributed by atoms with E-state index in [0.29, 0.717) is 6.04 Å². The number of fused-ring (bicyclic) bond motifs is 1.